The van der Waals surface area contributed by atoms with Crippen molar-refractivity contribution in [2.45, 2.75) is 43.4 Å². The van der Waals surface area contributed by atoms with Crippen molar-refractivity contribution < 1.29 is 18.3 Å². The van der Waals surface area contributed by atoms with Crippen LogP contribution in [0.25, 0.3) is 0 Å². The second-order valence-corrected chi connectivity index (χ2v) is 10.2. The summed E-state index contributed by atoms with van der Waals surface area (Å²) in [5.74, 6) is 0.888. The largest absolute Gasteiger partial charge is 0.481 e. The Balaban J connectivity index is 1.65. The zero-order valence-electron chi connectivity index (χ0n) is 15.5. The Morgan fingerprint density at radius 1 is 1.21 bits per heavy atom. The van der Waals surface area contributed by atoms with Crippen LogP contribution in [-0.4, -0.2) is 26.0 Å². The van der Waals surface area contributed by atoms with E-state index in [0.717, 1.165) is 19.3 Å². The summed E-state index contributed by atoms with van der Waals surface area (Å²) in [6, 6.07) is 4.65. The van der Waals surface area contributed by atoms with Gasteiger partial charge in [0.25, 0.3) is 0 Å². The topological polar surface area (TPSA) is 83.5 Å². The highest BCUT2D eigenvalue weighted by Gasteiger charge is 2.46. The minimum absolute atomic E-state index is 0.0674. The molecular formula is C20H25Cl2NO4S. The fourth-order valence-electron chi connectivity index (χ4n) is 4.70. The fraction of sp³-hybridized carbons (Fsp3) is 0.550. The number of rotatable bonds is 9. The summed E-state index contributed by atoms with van der Waals surface area (Å²) < 4.78 is 28.2. The van der Waals surface area contributed by atoms with Gasteiger partial charge in [-0.1, -0.05) is 41.4 Å². The molecule has 0 heterocycles. The van der Waals surface area contributed by atoms with Crippen LogP contribution in [0.4, 0.5) is 0 Å². The number of hydrogen-bond donors (Lipinski definition) is 2. The number of nitrogens with one attached hydrogen (secondary N) is 1. The van der Waals surface area contributed by atoms with E-state index in [4.69, 9.17) is 28.3 Å². The molecule has 1 aromatic rings. The molecular weight excluding hydrogens is 421 g/mol. The monoisotopic (exact) mass is 445 g/mol. The lowest BCUT2D eigenvalue weighted by Gasteiger charge is -2.29. The number of fused-ring (bicyclic) bond motifs is 2. The van der Waals surface area contributed by atoms with Crippen molar-refractivity contribution in [3.63, 3.8) is 0 Å². The standard InChI is InChI=1S/C20H25Cl2NO4S/c21-17-6-4-7-18(22)20(17)28(26,27)23-12-16-14-10-9-13(11-14)15(16)5-2-1-3-8-19(24)25/h2,4-7,13-16,23H,1,3,8-12H2,(H,24,25)/b5-2-/t13-,14+,15-,16-/m0/s1. The van der Waals surface area contributed by atoms with Gasteiger partial charge in [0, 0.05) is 13.0 Å². The molecule has 2 aliphatic carbocycles. The summed E-state index contributed by atoms with van der Waals surface area (Å²) in [6.07, 6.45) is 9.19. The van der Waals surface area contributed by atoms with E-state index in [-0.39, 0.29) is 27.3 Å². The first kappa shape index (κ1) is 21.6. The van der Waals surface area contributed by atoms with Gasteiger partial charge in [0.05, 0.1) is 10.0 Å². The van der Waals surface area contributed by atoms with Crippen molar-refractivity contribution in [1.29, 1.82) is 0 Å². The van der Waals surface area contributed by atoms with Gasteiger partial charge in [-0.15, -0.1) is 0 Å². The van der Waals surface area contributed by atoms with Gasteiger partial charge in [-0.25, -0.2) is 13.1 Å². The van der Waals surface area contributed by atoms with E-state index in [1.54, 1.807) is 6.07 Å². The van der Waals surface area contributed by atoms with Gasteiger partial charge in [-0.2, -0.15) is 0 Å². The van der Waals surface area contributed by atoms with Gasteiger partial charge >= 0.3 is 5.97 Å². The van der Waals surface area contributed by atoms with Gasteiger partial charge in [-0.3, -0.25) is 4.79 Å². The molecule has 2 bridgehead atoms. The first-order valence-electron chi connectivity index (χ1n) is 9.61. The zero-order chi connectivity index (χ0) is 20.3. The summed E-state index contributed by atoms with van der Waals surface area (Å²) in [5.41, 5.74) is 0. The van der Waals surface area contributed by atoms with Gasteiger partial charge < -0.3 is 5.11 Å². The van der Waals surface area contributed by atoms with Crippen LogP contribution in [0.3, 0.4) is 0 Å². The number of benzene rings is 1. The first-order chi connectivity index (χ1) is 13.3. The second-order valence-electron chi connectivity index (χ2n) is 7.69. The maximum absolute atomic E-state index is 12.8. The number of carboxylic acids is 1. The van der Waals surface area contributed by atoms with E-state index in [1.165, 1.54) is 18.6 Å². The van der Waals surface area contributed by atoms with E-state index in [0.29, 0.717) is 30.7 Å². The normalized spacial score (nSPS) is 26.9. The average molecular weight is 446 g/mol. The first-order valence-corrected chi connectivity index (χ1v) is 11.9. The maximum atomic E-state index is 12.8. The second kappa shape index (κ2) is 9.16. The molecule has 8 heteroatoms. The highest BCUT2D eigenvalue weighted by molar-refractivity contribution is 7.89. The van der Waals surface area contributed by atoms with Crippen LogP contribution in [0.15, 0.2) is 35.2 Å². The van der Waals surface area contributed by atoms with Crippen LogP contribution >= 0.6 is 23.2 Å². The molecule has 4 atom stereocenters. The molecule has 0 saturated heterocycles. The fourth-order valence-corrected chi connectivity index (χ4v) is 6.91. The molecule has 2 fully saturated rings. The van der Waals surface area contributed by atoms with Crippen LogP contribution in [0, 0.1) is 23.7 Å². The van der Waals surface area contributed by atoms with Crippen LogP contribution in [0.2, 0.25) is 10.0 Å². The Bertz CT molecular complexity index is 836. The van der Waals surface area contributed by atoms with Crippen molar-refractivity contribution in [2.24, 2.45) is 23.7 Å². The molecule has 5 nitrogen and oxygen atoms in total. The SMILES string of the molecule is O=C(O)CCC/C=C\[C@H]1[C@H]2CC[C@H](C2)[C@@H]1CNS(=O)(=O)c1c(Cl)cccc1Cl. The zero-order valence-corrected chi connectivity index (χ0v) is 17.8. The summed E-state index contributed by atoms with van der Waals surface area (Å²) in [6.45, 7) is 0.356. The summed E-state index contributed by atoms with van der Waals surface area (Å²) >= 11 is 12.1. The number of unbranched alkanes of at least 4 members (excludes halogenated alkanes) is 1. The molecule has 0 unspecified atom stereocenters. The smallest absolute Gasteiger partial charge is 0.303 e. The van der Waals surface area contributed by atoms with Gasteiger partial charge in [0.2, 0.25) is 10.0 Å². The Morgan fingerprint density at radius 2 is 1.89 bits per heavy atom. The highest BCUT2D eigenvalue weighted by atomic mass is 35.5. The van der Waals surface area contributed by atoms with Crippen LogP contribution in [0.1, 0.15) is 38.5 Å². The van der Waals surface area contributed by atoms with E-state index in [2.05, 4.69) is 16.9 Å². The third-order valence-corrected chi connectivity index (χ3v) is 8.35. The number of carboxylic acid groups (broad SMARTS) is 1. The number of aliphatic carboxylic acids is 1. The lowest BCUT2D eigenvalue weighted by Crippen LogP contribution is -2.35. The van der Waals surface area contributed by atoms with E-state index >= 15 is 0 Å². The highest BCUT2D eigenvalue weighted by Crippen LogP contribution is 2.52. The summed E-state index contributed by atoms with van der Waals surface area (Å²) in [7, 11) is -3.79. The quantitative estimate of drug-likeness (QED) is 0.424. The van der Waals surface area contributed by atoms with Gasteiger partial charge in [0.1, 0.15) is 4.90 Å². The van der Waals surface area contributed by atoms with Crippen molar-refractivity contribution in [1.82, 2.24) is 4.72 Å². The van der Waals surface area contributed by atoms with E-state index < -0.39 is 16.0 Å². The molecule has 0 aromatic heterocycles. The van der Waals surface area contributed by atoms with Gasteiger partial charge in [0.15, 0.2) is 0 Å². The number of sulfonamides is 1. The molecule has 0 aliphatic heterocycles. The predicted molar refractivity (Wildman–Crippen MR) is 110 cm³/mol. The third kappa shape index (κ3) is 4.90. The van der Waals surface area contributed by atoms with Gasteiger partial charge in [-0.05, 0) is 67.9 Å². The Kier molecular flexibility index (Phi) is 7.07. The van der Waals surface area contributed by atoms with Crippen molar-refractivity contribution in [3.8, 4) is 0 Å². The minimum Gasteiger partial charge on any atom is -0.481 e. The molecule has 154 valence electrons. The third-order valence-electron chi connectivity index (χ3n) is 5.97. The van der Waals surface area contributed by atoms with Crippen molar-refractivity contribution >= 4 is 39.2 Å². The molecule has 0 spiro atoms. The number of carbonyl (C=O) groups is 1. The number of halogens is 2. The Labute approximate surface area is 176 Å². The molecule has 2 aliphatic rings. The van der Waals surface area contributed by atoms with Crippen molar-refractivity contribution in [2.75, 3.05) is 6.54 Å². The summed E-state index contributed by atoms with van der Waals surface area (Å²) in [5, 5.41) is 8.95. The number of hydrogen-bond acceptors (Lipinski definition) is 3. The molecule has 0 amide bonds. The molecule has 3 rings (SSSR count). The van der Waals surface area contributed by atoms with Crippen LogP contribution in [0.5, 0.6) is 0 Å². The maximum Gasteiger partial charge on any atom is 0.303 e. The molecule has 1 aromatic carbocycles. The molecule has 2 N–H and O–H groups in total. The van der Waals surface area contributed by atoms with E-state index in [9.17, 15) is 13.2 Å². The predicted octanol–water partition coefficient (Wildman–Crippen LogP) is 4.75. The average Bonchev–Trinajstić information content (AvgIpc) is 3.20. The number of allylic oxidation sites excluding steroid dienone is 2. The molecule has 0 radical (unpaired) electrons. The Hall–Kier alpha value is -1.08. The molecule has 28 heavy (non-hydrogen) atoms. The Morgan fingerprint density at radius 3 is 2.57 bits per heavy atom. The van der Waals surface area contributed by atoms with E-state index in [1.807, 2.05) is 0 Å². The lowest BCUT2D eigenvalue weighted by atomic mass is 9.79. The van der Waals surface area contributed by atoms with Crippen LogP contribution < -0.4 is 4.72 Å². The summed E-state index contributed by atoms with van der Waals surface area (Å²) in [4.78, 5) is 10.5. The molecule has 2 saturated carbocycles. The minimum atomic E-state index is -3.79. The lowest BCUT2D eigenvalue weighted by molar-refractivity contribution is -0.137. The van der Waals surface area contributed by atoms with Crippen molar-refractivity contribution in [3.05, 3.63) is 40.4 Å². The van der Waals surface area contributed by atoms with Crippen LogP contribution in [-0.2, 0) is 14.8 Å².